The van der Waals surface area contributed by atoms with Crippen LogP contribution in [0.25, 0.3) is 4.62 Å². The van der Waals surface area contributed by atoms with Crippen LogP contribution in [0, 0.1) is 46.9 Å². The third-order valence-corrected chi connectivity index (χ3v) is 31.1. The normalized spacial score (nSPS) is 16.9. The molecule has 0 aliphatic carbocycles. The number of nitrogens with zero attached hydrogens (tertiary/aromatic N) is 3. The second kappa shape index (κ2) is 36.1. The molecule has 608 valence electrons. The largest absolute Gasteiger partial charge is 0.109 e. The van der Waals surface area contributed by atoms with Crippen molar-refractivity contribution in [1.29, 1.82) is 0 Å². The van der Waals surface area contributed by atoms with E-state index in [1.165, 1.54) is 0 Å². The second-order valence-corrected chi connectivity index (χ2v) is 48.5. The van der Waals surface area contributed by atoms with Gasteiger partial charge in [-0.25, -0.2) is 0 Å². The average Bonchev–Trinajstić information content (AvgIpc) is 1.48. The molecule has 5 aliphatic rings. The first-order valence-corrected chi connectivity index (χ1v) is 48.8. The van der Waals surface area contributed by atoms with Crippen LogP contribution in [0.2, 0.25) is 0 Å². The number of thiocyanates is 1. The number of ether oxygens (including phenoxy) is 2. The van der Waals surface area contributed by atoms with Gasteiger partial charge in [-0.1, -0.05) is 0 Å². The van der Waals surface area contributed by atoms with Crippen LogP contribution in [0.3, 0.4) is 0 Å². The molecule has 5 heterocycles. The summed E-state index contributed by atoms with van der Waals surface area (Å²) in [5.74, 6) is 0.920. The number of fused-ring (bicyclic) bond motifs is 9. The number of rotatable bonds is 5. The quantitative estimate of drug-likeness (QED) is 0.0534. The van der Waals surface area contributed by atoms with Gasteiger partial charge in [-0.05, 0) is 0 Å². The van der Waals surface area contributed by atoms with Crippen LogP contribution in [0.1, 0.15) is 239 Å². The number of halogens is 8. The Morgan fingerprint density at radius 3 is 0.982 bits per heavy atom. The van der Waals surface area contributed by atoms with E-state index in [2.05, 4.69) is 244 Å². The van der Waals surface area contributed by atoms with Crippen molar-refractivity contribution < 1.29 is 46.2 Å². The third-order valence-electron chi connectivity index (χ3n) is 18.5. The topological polar surface area (TPSA) is 128 Å². The number of alkyl halides is 8. The first-order valence-electron chi connectivity index (χ1n) is 36.5. The van der Waals surface area contributed by atoms with Gasteiger partial charge in [0.05, 0.1) is 21.4 Å². The Hall–Kier alpha value is -3.97. The van der Waals surface area contributed by atoms with Gasteiger partial charge in [-0.2, -0.15) is 0 Å². The SMILES string of the molecule is CCOC(=O)C1=C2/C(=N/P3(=S)Oc4c(cc(C)cc4C(C)(C)C)Cc4cc(C)cc(C(C)(C)C)c4O3)SP3([N+]#C[S-])(Oc4c(cc(C)cc4C(C)(C)C)Cc4cc(C)cc(C(C)(C)C)c4O3)N2P2(=C1C(=O)OCC)Oc1c(cc(C)cc1C(C)(C)C)Cc1cc(C)cc(C(C)(C)C)c1O2.ClCCl.ClCCl.ClCCl.ClCCl. The van der Waals surface area contributed by atoms with Crippen molar-refractivity contribution in [3.63, 3.8) is 0 Å². The number of aryl methyl sites for hydroxylation is 6. The maximum Gasteiger partial charge on any atom is 0.0967 e. The van der Waals surface area contributed by atoms with Gasteiger partial charge >= 0.3 is 608 Å². The Morgan fingerprint density at radius 1 is 0.468 bits per heavy atom. The van der Waals surface area contributed by atoms with Gasteiger partial charge in [0.25, 0.3) is 0 Å². The predicted octanol–water partition coefficient (Wildman–Crippen LogP) is 27.5. The number of hydrogen-bond acceptors (Lipinski definition) is 14. The molecular formula is C84H108Cl8N3O10P3S3. The summed E-state index contributed by atoms with van der Waals surface area (Å²) >= 11 is 52.6. The predicted molar refractivity (Wildman–Crippen MR) is 483 cm³/mol. The van der Waals surface area contributed by atoms with Crippen molar-refractivity contribution >= 4 is 172 Å². The molecule has 0 N–H and O–H groups in total. The van der Waals surface area contributed by atoms with E-state index in [0.717, 1.165) is 112 Å². The first kappa shape index (κ1) is 94.2. The van der Waals surface area contributed by atoms with E-state index >= 15 is 9.59 Å². The summed E-state index contributed by atoms with van der Waals surface area (Å²) in [7, 11) is -5.03. The minimum atomic E-state index is -6.18. The third kappa shape index (κ3) is 20.3. The fraction of sp³-hybridized carbons (Fsp3) is 0.488. The summed E-state index contributed by atoms with van der Waals surface area (Å²) < 4.78 is 75.7. The van der Waals surface area contributed by atoms with Gasteiger partial charge in [0, 0.05) is 0 Å². The minimum Gasteiger partial charge on any atom is -0.109 e. The molecule has 0 aromatic heterocycles. The number of esters is 2. The molecule has 2 spiro atoms. The molecule has 6 aromatic carbocycles. The molecule has 5 aliphatic heterocycles. The van der Waals surface area contributed by atoms with E-state index in [1.807, 2.05) is 0 Å². The summed E-state index contributed by atoms with van der Waals surface area (Å²) in [6, 6.07) is 25.7. The van der Waals surface area contributed by atoms with Gasteiger partial charge in [-0.3, -0.25) is 0 Å². The number of carbonyl (C=O) groups is 2. The van der Waals surface area contributed by atoms with Crippen LogP contribution < -0.4 is 27.1 Å². The molecule has 0 bridgehead atoms. The van der Waals surface area contributed by atoms with Crippen molar-refractivity contribution in [1.82, 2.24) is 4.44 Å². The number of carbonyl (C=O) groups excluding carboxylic acids is 2. The summed E-state index contributed by atoms with van der Waals surface area (Å²) in [5.41, 5.74) is 12.3. The molecule has 1 saturated heterocycles. The van der Waals surface area contributed by atoms with Crippen LogP contribution in [0.5, 0.6) is 34.5 Å². The standard InChI is InChI=1S/C80H100N3O10P3S3.4CH2Cl2/c1-27-86-73(84)63-64-72(82-95(98)90-67-53(31-47(5)37-59(67)77(15,16)17)42-54-32-48(6)38-60(68(54)91-95)78(18,19)20)99-96(81-44-97,92-69-55(33-49(7)39-61(69)79(21,22)23)43-56-34-50(8)40-62(70(56)93-96)80(24,25)26)83(64)94(71(63)74(85)87-28-2)88-65-51(29-45(3)35-57(65)75(9,10)11)41-52-30-46(4)36-58(66(52)89-94)76(12,13)14;4*2-1-3/h29-40H,27-28,41-43H2,1-26H3;4*1H2/b82-72-;;;;. The molecule has 11 rings (SSSR count). The average molecular weight is 1790 g/mol. The molecule has 0 radical (unpaired) electrons. The molecule has 0 saturated carbocycles. The van der Waals surface area contributed by atoms with Crippen molar-refractivity contribution in [2.45, 2.75) is 232 Å². The maximum atomic E-state index is 16.8. The number of benzene rings is 6. The van der Waals surface area contributed by atoms with Crippen LogP contribution in [0.4, 0.5) is 0 Å². The van der Waals surface area contributed by atoms with Gasteiger partial charge < -0.3 is 0 Å². The fourth-order valence-electron chi connectivity index (χ4n) is 14.2. The first-order chi connectivity index (χ1) is 51.3. The maximum absolute atomic E-state index is 16.8. The zero-order valence-corrected chi connectivity index (χ0v) is 80.0. The molecule has 0 unspecified atom stereocenters. The van der Waals surface area contributed by atoms with Crippen LogP contribution >= 0.6 is 125 Å². The Morgan fingerprint density at radius 2 is 0.721 bits per heavy atom. The van der Waals surface area contributed by atoms with Crippen molar-refractivity contribution in [3.8, 4) is 39.9 Å². The van der Waals surface area contributed by atoms with E-state index in [-0.39, 0.29) is 56.2 Å². The van der Waals surface area contributed by atoms with E-state index < -0.39 is 65.1 Å². The van der Waals surface area contributed by atoms with Crippen molar-refractivity contribution in [3.05, 3.63) is 189 Å². The Bertz CT molecular complexity index is 4590. The van der Waals surface area contributed by atoms with E-state index in [0.29, 0.717) is 53.8 Å². The molecule has 13 nitrogen and oxygen atoms in total. The Kier molecular flexibility index (Phi) is 30.6. The summed E-state index contributed by atoms with van der Waals surface area (Å²) in [6.07, 6.45) is 1.17. The monoisotopic (exact) mass is 1790 g/mol. The summed E-state index contributed by atoms with van der Waals surface area (Å²) in [5, 5.41) is 3.42. The second-order valence-electron chi connectivity index (χ2n) is 34.1. The molecular weight excluding hydrogens is 1680 g/mol. The van der Waals surface area contributed by atoms with Crippen LogP contribution in [-0.2, 0) is 95.3 Å². The van der Waals surface area contributed by atoms with E-state index in [9.17, 15) is 0 Å². The molecule has 111 heavy (non-hydrogen) atoms. The van der Waals surface area contributed by atoms with Gasteiger partial charge in [0.1, 0.15) is 0 Å². The van der Waals surface area contributed by atoms with E-state index in [1.54, 1.807) is 18.3 Å². The van der Waals surface area contributed by atoms with Crippen LogP contribution in [0.15, 0.2) is 88.8 Å². The van der Waals surface area contributed by atoms with Gasteiger partial charge in [0.2, 0.25) is 0 Å². The summed E-state index contributed by atoms with van der Waals surface area (Å²) in [6.45, 7) is 43.7. The molecule has 0 amide bonds. The zero-order valence-electron chi connectivity index (χ0n) is 68.8. The smallest absolute Gasteiger partial charge is 0.0967 e. The molecule has 1 fully saturated rings. The molecule has 27 heteroatoms. The van der Waals surface area contributed by atoms with Crippen LogP contribution in [-0.4, -0.2) is 61.3 Å². The minimum absolute atomic E-state index is 0.00337. The van der Waals surface area contributed by atoms with Crippen molar-refractivity contribution in [2.75, 3.05) is 34.6 Å². The fourth-order valence-corrected chi connectivity index (χ4v) is 29.6. The zero-order chi connectivity index (χ0) is 83.7. The van der Waals surface area contributed by atoms with E-state index in [4.69, 9.17) is 163 Å². The number of hydrogen-bond donors (Lipinski definition) is 0. The molecule has 0 atom stereocenters. The van der Waals surface area contributed by atoms with Gasteiger partial charge in [-0.15, -0.1) is 92.8 Å². The Labute approximate surface area is 715 Å². The molecule has 6 aromatic rings. The summed E-state index contributed by atoms with van der Waals surface area (Å²) in [4.78, 5) is 33.4. The Balaban J connectivity index is 0.00000134. The van der Waals surface area contributed by atoms with Crippen molar-refractivity contribution in [2.24, 2.45) is 4.76 Å². The van der Waals surface area contributed by atoms with Gasteiger partial charge in [0.15, 0.2) is 0 Å².